The average molecular weight is 366 g/mol. The Bertz CT molecular complexity index is 884. The van der Waals surface area contributed by atoms with Crippen molar-refractivity contribution in [3.63, 3.8) is 0 Å². The van der Waals surface area contributed by atoms with Gasteiger partial charge in [0.1, 0.15) is 11.6 Å². The topological polar surface area (TPSA) is 55.6 Å². The number of nitrogens with zero attached hydrogens (tertiary/aromatic N) is 1. The van der Waals surface area contributed by atoms with E-state index in [1.54, 1.807) is 12.1 Å². The highest BCUT2D eigenvalue weighted by Crippen LogP contribution is 2.46. The van der Waals surface area contributed by atoms with E-state index in [1.807, 2.05) is 17.0 Å². The van der Waals surface area contributed by atoms with Crippen LogP contribution in [-0.4, -0.2) is 30.5 Å². The summed E-state index contributed by atoms with van der Waals surface area (Å²) in [7, 11) is 0. The third-order valence-electron chi connectivity index (χ3n) is 5.81. The summed E-state index contributed by atoms with van der Waals surface area (Å²) < 4.78 is 19.0. The van der Waals surface area contributed by atoms with Crippen LogP contribution < -0.4 is 10.5 Å². The second kappa shape index (κ2) is 6.82. The molecule has 1 spiro atoms. The molecular weight excluding hydrogens is 343 g/mol. The average Bonchev–Trinajstić information content (AvgIpc) is 3.05. The molecule has 4 rings (SSSR count). The van der Waals surface area contributed by atoms with Gasteiger partial charge in [-0.1, -0.05) is 30.8 Å². The third kappa shape index (κ3) is 3.12. The van der Waals surface area contributed by atoms with Crippen molar-refractivity contribution in [3.05, 3.63) is 71.6 Å². The van der Waals surface area contributed by atoms with Gasteiger partial charge in [-0.25, -0.2) is 4.39 Å². The second-order valence-electron chi connectivity index (χ2n) is 7.38. The minimum Gasteiger partial charge on any atom is -0.492 e. The Hall–Kier alpha value is -2.66. The molecule has 2 aliphatic heterocycles. The number of hydrogen-bond donors (Lipinski definition) is 1. The number of fused-ring (bicyclic) bond motifs is 2. The van der Waals surface area contributed by atoms with Crippen LogP contribution in [0.25, 0.3) is 5.57 Å². The summed E-state index contributed by atoms with van der Waals surface area (Å²) in [5, 5.41) is 0. The van der Waals surface area contributed by atoms with E-state index in [0.29, 0.717) is 37.4 Å². The van der Waals surface area contributed by atoms with Gasteiger partial charge in [0, 0.05) is 36.2 Å². The molecule has 0 aromatic heterocycles. The molecule has 2 N–H and O–H groups in total. The molecule has 0 aliphatic carbocycles. The van der Waals surface area contributed by atoms with Crippen molar-refractivity contribution in [1.29, 1.82) is 0 Å². The number of ether oxygens (including phenoxy) is 1. The van der Waals surface area contributed by atoms with E-state index < -0.39 is 0 Å². The van der Waals surface area contributed by atoms with E-state index in [9.17, 15) is 9.18 Å². The molecule has 0 radical (unpaired) electrons. The molecule has 1 fully saturated rings. The van der Waals surface area contributed by atoms with Gasteiger partial charge in [0.2, 0.25) is 0 Å². The first-order valence-electron chi connectivity index (χ1n) is 9.23. The summed E-state index contributed by atoms with van der Waals surface area (Å²) in [5.41, 5.74) is 9.12. The molecule has 0 atom stereocenters. The van der Waals surface area contributed by atoms with Crippen LogP contribution in [0.15, 0.2) is 49.0 Å². The highest BCUT2D eigenvalue weighted by atomic mass is 19.1. The SMILES string of the molecule is C=C(C(=O)N1CCC2(CC1)COc1ccc(CN)cc12)c1ccc(F)cc1. The van der Waals surface area contributed by atoms with Gasteiger partial charge in [-0.05, 0) is 42.2 Å². The number of amides is 1. The van der Waals surface area contributed by atoms with Crippen LogP contribution in [0.2, 0.25) is 0 Å². The Labute approximate surface area is 158 Å². The lowest BCUT2D eigenvalue weighted by Gasteiger charge is -2.39. The Balaban J connectivity index is 1.48. The molecule has 2 aromatic carbocycles. The zero-order valence-electron chi connectivity index (χ0n) is 15.2. The molecule has 1 amide bonds. The van der Waals surface area contributed by atoms with E-state index >= 15 is 0 Å². The number of halogens is 1. The maximum atomic E-state index is 13.1. The predicted octanol–water partition coefficient (Wildman–Crippen LogP) is 3.25. The fourth-order valence-corrected chi connectivity index (χ4v) is 4.05. The van der Waals surface area contributed by atoms with Crippen LogP contribution in [0.1, 0.15) is 29.5 Å². The Morgan fingerprint density at radius 2 is 1.89 bits per heavy atom. The largest absolute Gasteiger partial charge is 0.492 e. The quantitative estimate of drug-likeness (QED) is 0.849. The van der Waals surface area contributed by atoms with Crippen molar-refractivity contribution in [2.24, 2.45) is 5.73 Å². The minimum atomic E-state index is -0.323. The number of carbonyl (C=O) groups excluding carboxylic acids is 1. The van der Waals surface area contributed by atoms with Gasteiger partial charge in [0.25, 0.3) is 5.91 Å². The first-order valence-corrected chi connectivity index (χ1v) is 9.23. The lowest BCUT2D eigenvalue weighted by molar-refractivity contribution is -0.126. The molecule has 140 valence electrons. The smallest absolute Gasteiger partial charge is 0.253 e. The number of hydrogen-bond acceptors (Lipinski definition) is 3. The summed E-state index contributed by atoms with van der Waals surface area (Å²) in [4.78, 5) is 14.7. The van der Waals surface area contributed by atoms with Gasteiger partial charge in [-0.15, -0.1) is 0 Å². The Morgan fingerprint density at radius 3 is 2.56 bits per heavy atom. The summed E-state index contributed by atoms with van der Waals surface area (Å²) in [6.07, 6.45) is 1.69. The lowest BCUT2D eigenvalue weighted by Crippen LogP contribution is -2.46. The van der Waals surface area contributed by atoms with Crippen LogP contribution in [0.4, 0.5) is 4.39 Å². The maximum Gasteiger partial charge on any atom is 0.253 e. The van der Waals surface area contributed by atoms with Crippen molar-refractivity contribution in [2.45, 2.75) is 24.8 Å². The highest BCUT2D eigenvalue weighted by molar-refractivity contribution is 6.18. The van der Waals surface area contributed by atoms with E-state index in [4.69, 9.17) is 10.5 Å². The van der Waals surface area contributed by atoms with Gasteiger partial charge < -0.3 is 15.4 Å². The number of rotatable bonds is 3. The molecule has 5 heteroatoms. The van der Waals surface area contributed by atoms with Crippen LogP contribution in [0.3, 0.4) is 0 Å². The number of carbonyl (C=O) groups is 1. The normalized spacial score (nSPS) is 17.5. The van der Waals surface area contributed by atoms with Crippen LogP contribution in [-0.2, 0) is 16.8 Å². The van der Waals surface area contributed by atoms with Crippen molar-refractivity contribution in [2.75, 3.05) is 19.7 Å². The van der Waals surface area contributed by atoms with Crippen molar-refractivity contribution < 1.29 is 13.9 Å². The van der Waals surface area contributed by atoms with Gasteiger partial charge in [-0.3, -0.25) is 4.79 Å². The molecular formula is C22H23FN2O2. The second-order valence-corrected chi connectivity index (χ2v) is 7.38. The molecule has 1 saturated heterocycles. The van der Waals surface area contributed by atoms with Gasteiger partial charge in [-0.2, -0.15) is 0 Å². The summed E-state index contributed by atoms with van der Waals surface area (Å²) in [6, 6.07) is 12.0. The first-order chi connectivity index (χ1) is 13.0. The molecule has 4 nitrogen and oxygen atoms in total. The van der Waals surface area contributed by atoms with Crippen LogP contribution in [0.5, 0.6) is 5.75 Å². The molecule has 27 heavy (non-hydrogen) atoms. The highest BCUT2D eigenvalue weighted by Gasteiger charge is 2.44. The fraction of sp³-hybridized carbons (Fsp3) is 0.318. The number of likely N-dealkylation sites (tertiary alicyclic amines) is 1. The zero-order chi connectivity index (χ0) is 19.0. The minimum absolute atomic E-state index is 0.0471. The molecule has 0 unspecified atom stereocenters. The standard InChI is InChI=1S/C22H23FN2O2/c1-15(17-3-5-18(23)6-4-17)21(26)25-10-8-22(9-11-25)14-27-20-7-2-16(13-24)12-19(20)22/h2-7,12H,1,8-11,13-14,24H2. The number of benzene rings is 2. The molecule has 2 aromatic rings. The summed E-state index contributed by atoms with van der Waals surface area (Å²) in [6.45, 7) is 6.38. The maximum absolute atomic E-state index is 13.1. The Morgan fingerprint density at radius 1 is 1.19 bits per heavy atom. The Kier molecular flexibility index (Phi) is 4.48. The number of piperidine rings is 1. The molecule has 2 heterocycles. The summed E-state index contributed by atoms with van der Waals surface area (Å²) >= 11 is 0. The van der Waals surface area contributed by atoms with Gasteiger partial charge >= 0.3 is 0 Å². The molecule has 0 saturated carbocycles. The van der Waals surface area contributed by atoms with E-state index in [1.165, 1.54) is 17.7 Å². The monoisotopic (exact) mass is 366 g/mol. The first kappa shape index (κ1) is 17.7. The van der Waals surface area contributed by atoms with E-state index in [0.717, 1.165) is 24.2 Å². The predicted molar refractivity (Wildman–Crippen MR) is 103 cm³/mol. The lowest BCUT2D eigenvalue weighted by atomic mass is 9.74. The zero-order valence-corrected chi connectivity index (χ0v) is 15.2. The van der Waals surface area contributed by atoms with Crippen molar-refractivity contribution in [3.8, 4) is 5.75 Å². The fourth-order valence-electron chi connectivity index (χ4n) is 4.05. The van der Waals surface area contributed by atoms with Gasteiger partial charge in [0.05, 0.1) is 6.61 Å². The number of nitrogens with two attached hydrogens (primary N) is 1. The van der Waals surface area contributed by atoms with E-state index in [2.05, 4.69) is 12.6 Å². The molecule has 2 aliphatic rings. The van der Waals surface area contributed by atoms with Gasteiger partial charge in [0.15, 0.2) is 0 Å². The van der Waals surface area contributed by atoms with E-state index in [-0.39, 0.29) is 17.1 Å². The third-order valence-corrected chi connectivity index (χ3v) is 5.81. The van der Waals surface area contributed by atoms with Crippen molar-refractivity contribution in [1.82, 2.24) is 4.90 Å². The molecule has 0 bridgehead atoms. The van der Waals surface area contributed by atoms with Crippen molar-refractivity contribution >= 4 is 11.5 Å². The van der Waals surface area contributed by atoms with Crippen LogP contribution >= 0.6 is 0 Å². The summed E-state index contributed by atoms with van der Waals surface area (Å²) in [5.74, 6) is 0.518. The van der Waals surface area contributed by atoms with Crippen LogP contribution in [0, 0.1) is 5.82 Å².